The Hall–Kier alpha value is -2.29. The van der Waals surface area contributed by atoms with Crippen LogP contribution >= 0.6 is 0 Å². The first-order valence-electron chi connectivity index (χ1n) is 5.63. The molecule has 0 radical (unpaired) electrons. The first kappa shape index (κ1) is 9.90. The highest BCUT2D eigenvalue weighted by atomic mass is 15.1. The summed E-state index contributed by atoms with van der Waals surface area (Å²) in [6, 6.07) is 16.6. The van der Waals surface area contributed by atoms with E-state index in [1.807, 2.05) is 18.3 Å². The number of H-pyrrole nitrogens is 1. The Morgan fingerprint density at radius 2 is 1.94 bits per heavy atom. The summed E-state index contributed by atoms with van der Waals surface area (Å²) in [5.41, 5.74) is 3.46. The molecule has 0 amide bonds. The summed E-state index contributed by atoms with van der Waals surface area (Å²) < 4.78 is 0. The highest BCUT2D eigenvalue weighted by Crippen LogP contribution is 2.17. The van der Waals surface area contributed by atoms with Crippen LogP contribution in [0.3, 0.4) is 0 Å². The summed E-state index contributed by atoms with van der Waals surface area (Å²) in [6.07, 6.45) is 1.84. The van der Waals surface area contributed by atoms with Crippen molar-refractivity contribution in [3.63, 3.8) is 0 Å². The Bertz CT molecular complexity index is 613. The first-order chi connectivity index (χ1) is 8.42. The van der Waals surface area contributed by atoms with Crippen molar-refractivity contribution in [1.82, 2.24) is 10.2 Å². The van der Waals surface area contributed by atoms with Crippen LogP contribution in [-0.4, -0.2) is 10.2 Å². The smallest absolute Gasteiger partial charge is 0.0651 e. The van der Waals surface area contributed by atoms with Gasteiger partial charge >= 0.3 is 0 Å². The monoisotopic (exact) mass is 223 g/mol. The number of anilines is 1. The molecule has 1 heterocycles. The molecule has 0 saturated carbocycles. The Kier molecular flexibility index (Phi) is 2.50. The third-order valence-electron chi connectivity index (χ3n) is 2.78. The molecular formula is C14H13N3. The second kappa shape index (κ2) is 4.29. The zero-order valence-electron chi connectivity index (χ0n) is 9.35. The number of benzene rings is 2. The van der Waals surface area contributed by atoms with Crippen molar-refractivity contribution in [1.29, 1.82) is 0 Å². The molecule has 0 unspecified atom stereocenters. The normalized spacial score (nSPS) is 10.6. The zero-order valence-corrected chi connectivity index (χ0v) is 9.35. The fourth-order valence-electron chi connectivity index (χ4n) is 1.85. The van der Waals surface area contributed by atoms with Gasteiger partial charge in [0.25, 0.3) is 0 Å². The standard InChI is InChI=1S/C14H13N3/c1-2-4-11(5-3-1)9-15-13-6-7-14-12(8-13)10-16-17-14/h1-8,10,15H,9H2,(H,16,17). The van der Waals surface area contributed by atoms with Crippen LogP contribution in [0.4, 0.5) is 5.69 Å². The molecule has 0 fully saturated rings. The van der Waals surface area contributed by atoms with E-state index >= 15 is 0 Å². The molecule has 0 aliphatic heterocycles. The molecule has 2 N–H and O–H groups in total. The molecule has 84 valence electrons. The lowest BCUT2D eigenvalue weighted by Gasteiger charge is -2.06. The van der Waals surface area contributed by atoms with Gasteiger partial charge < -0.3 is 5.32 Å². The molecule has 3 aromatic rings. The number of aromatic amines is 1. The summed E-state index contributed by atoms with van der Waals surface area (Å²) in [5, 5.41) is 11.5. The summed E-state index contributed by atoms with van der Waals surface area (Å²) in [7, 11) is 0. The molecule has 3 heteroatoms. The quantitative estimate of drug-likeness (QED) is 0.716. The van der Waals surface area contributed by atoms with E-state index in [1.54, 1.807) is 0 Å². The van der Waals surface area contributed by atoms with Gasteiger partial charge in [0.1, 0.15) is 0 Å². The largest absolute Gasteiger partial charge is 0.381 e. The average molecular weight is 223 g/mol. The highest BCUT2D eigenvalue weighted by Gasteiger charge is 1.97. The van der Waals surface area contributed by atoms with E-state index in [0.29, 0.717) is 0 Å². The second-order valence-electron chi connectivity index (χ2n) is 4.01. The third-order valence-corrected chi connectivity index (χ3v) is 2.78. The maximum absolute atomic E-state index is 4.01. The first-order valence-corrected chi connectivity index (χ1v) is 5.63. The molecule has 17 heavy (non-hydrogen) atoms. The van der Waals surface area contributed by atoms with E-state index in [1.165, 1.54) is 5.56 Å². The fourth-order valence-corrected chi connectivity index (χ4v) is 1.85. The Labute approximate surface area is 99.5 Å². The van der Waals surface area contributed by atoms with Crippen molar-refractivity contribution >= 4 is 16.6 Å². The van der Waals surface area contributed by atoms with Gasteiger partial charge in [-0.15, -0.1) is 0 Å². The van der Waals surface area contributed by atoms with E-state index in [9.17, 15) is 0 Å². The number of nitrogens with zero attached hydrogens (tertiary/aromatic N) is 1. The molecule has 1 aromatic heterocycles. The van der Waals surface area contributed by atoms with Gasteiger partial charge in [-0.1, -0.05) is 30.3 Å². The minimum Gasteiger partial charge on any atom is -0.381 e. The van der Waals surface area contributed by atoms with Crippen LogP contribution in [0.25, 0.3) is 10.9 Å². The van der Waals surface area contributed by atoms with Crippen LogP contribution in [0.5, 0.6) is 0 Å². The molecule has 0 bridgehead atoms. The van der Waals surface area contributed by atoms with Crippen LogP contribution in [-0.2, 0) is 6.54 Å². The summed E-state index contributed by atoms with van der Waals surface area (Å²) in [4.78, 5) is 0. The van der Waals surface area contributed by atoms with Gasteiger partial charge in [-0.3, -0.25) is 5.10 Å². The molecule has 0 aliphatic rings. The molecule has 0 saturated heterocycles. The Morgan fingerprint density at radius 3 is 2.82 bits per heavy atom. The van der Waals surface area contributed by atoms with Crippen LogP contribution < -0.4 is 5.32 Å². The van der Waals surface area contributed by atoms with Gasteiger partial charge in [0.15, 0.2) is 0 Å². The van der Waals surface area contributed by atoms with E-state index < -0.39 is 0 Å². The van der Waals surface area contributed by atoms with Crippen molar-refractivity contribution < 1.29 is 0 Å². The maximum atomic E-state index is 4.01. The Balaban J connectivity index is 1.76. The minimum absolute atomic E-state index is 0.837. The maximum Gasteiger partial charge on any atom is 0.0651 e. The number of rotatable bonds is 3. The van der Waals surface area contributed by atoms with Crippen LogP contribution in [0.1, 0.15) is 5.56 Å². The lowest BCUT2D eigenvalue weighted by molar-refractivity contribution is 1.12. The Morgan fingerprint density at radius 1 is 1.06 bits per heavy atom. The van der Waals surface area contributed by atoms with Crippen molar-refractivity contribution in [2.24, 2.45) is 0 Å². The van der Waals surface area contributed by atoms with Crippen molar-refractivity contribution in [2.45, 2.75) is 6.54 Å². The van der Waals surface area contributed by atoms with Crippen LogP contribution in [0, 0.1) is 0 Å². The van der Waals surface area contributed by atoms with Crippen molar-refractivity contribution in [3.8, 4) is 0 Å². The van der Waals surface area contributed by atoms with Gasteiger partial charge in [-0.05, 0) is 23.8 Å². The van der Waals surface area contributed by atoms with E-state index in [2.05, 4.69) is 51.9 Å². The fraction of sp³-hybridized carbons (Fsp3) is 0.0714. The van der Waals surface area contributed by atoms with Crippen LogP contribution in [0.2, 0.25) is 0 Å². The van der Waals surface area contributed by atoms with Crippen LogP contribution in [0.15, 0.2) is 54.7 Å². The predicted octanol–water partition coefficient (Wildman–Crippen LogP) is 3.18. The summed E-state index contributed by atoms with van der Waals surface area (Å²) >= 11 is 0. The van der Waals surface area contributed by atoms with Gasteiger partial charge in [0.05, 0.1) is 11.7 Å². The third kappa shape index (κ3) is 2.13. The average Bonchev–Trinajstić information content (AvgIpc) is 2.85. The molecule has 3 nitrogen and oxygen atoms in total. The molecule has 0 aliphatic carbocycles. The molecule has 0 atom stereocenters. The predicted molar refractivity (Wildman–Crippen MR) is 69.9 cm³/mol. The topological polar surface area (TPSA) is 40.7 Å². The zero-order chi connectivity index (χ0) is 11.5. The minimum atomic E-state index is 0.837. The number of fused-ring (bicyclic) bond motifs is 1. The van der Waals surface area contributed by atoms with E-state index in [4.69, 9.17) is 0 Å². The van der Waals surface area contributed by atoms with Crippen molar-refractivity contribution in [2.75, 3.05) is 5.32 Å². The number of hydrogen-bond acceptors (Lipinski definition) is 2. The number of nitrogens with one attached hydrogen (secondary N) is 2. The number of hydrogen-bond donors (Lipinski definition) is 2. The molecule has 2 aromatic carbocycles. The lowest BCUT2D eigenvalue weighted by atomic mass is 10.2. The summed E-state index contributed by atoms with van der Waals surface area (Å²) in [5.74, 6) is 0. The SMILES string of the molecule is c1ccc(CNc2ccc3[nH]ncc3c2)cc1. The molecule has 3 rings (SSSR count). The van der Waals surface area contributed by atoms with E-state index in [-0.39, 0.29) is 0 Å². The van der Waals surface area contributed by atoms with Crippen molar-refractivity contribution in [3.05, 3.63) is 60.3 Å². The van der Waals surface area contributed by atoms with Gasteiger partial charge in [-0.25, -0.2) is 0 Å². The molecule has 0 spiro atoms. The van der Waals surface area contributed by atoms with Gasteiger partial charge in [0, 0.05) is 17.6 Å². The highest BCUT2D eigenvalue weighted by molar-refractivity contribution is 5.81. The van der Waals surface area contributed by atoms with Gasteiger partial charge in [-0.2, -0.15) is 5.10 Å². The second-order valence-corrected chi connectivity index (χ2v) is 4.01. The number of aromatic nitrogens is 2. The van der Waals surface area contributed by atoms with E-state index in [0.717, 1.165) is 23.1 Å². The molecular weight excluding hydrogens is 210 g/mol. The lowest BCUT2D eigenvalue weighted by Crippen LogP contribution is -1.98. The van der Waals surface area contributed by atoms with Gasteiger partial charge in [0.2, 0.25) is 0 Å². The summed E-state index contributed by atoms with van der Waals surface area (Å²) in [6.45, 7) is 0.837.